The maximum Gasteiger partial charge on any atom is 0.274 e. The molecule has 0 bridgehead atoms. The molecular weight excluding hydrogens is 338 g/mol. The monoisotopic (exact) mass is 361 g/mol. The molecule has 5 heteroatoms. The Morgan fingerprint density at radius 2 is 1.81 bits per heavy atom. The summed E-state index contributed by atoms with van der Waals surface area (Å²) in [5.41, 5.74) is 5.30. The zero-order valence-corrected chi connectivity index (χ0v) is 15.7. The normalized spacial score (nSPS) is 10.3. The molecule has 0 aliphatic carbocycles. The molecule has 2 aromatic carbocycles. The molecule has 138 valence electrons. The zero-order chi connectivity index (χ0) is 19.2. The number of nitrogens with zero attached hydrogens (tertiary/aromatic N) is 1. The number of nitrogens with one attached hydrogen (secondary N) is 2. The van der Waals surface area contributed by atoms with Gasteiger partial charge in [0.25, 0.3) is 5.91 Å². The first-order valence-corrected chi connectivity index (χ1v) is 8.77. The van der Waals surface area contributed by atoms with Crippen molar-refractivity contribution >= 4 is 17.3 Å². The van der Waals surface area contributed by atoms with Crippen LogP contribution in [-0.2, 0) is 6.54 Å². The number of hydrogen-bond acceptors (Lipinski definition) is 4. The van der Waals surface area contributed by atoms with Crippen molar-refractivity contribution in [2.75, 3.05) is 17.7 Å². The van der Waals surface area contributed by atoms with Gasteiger partial charge in [-0.15, -0.1) is 0 Å². The van der Waals surface area contributed by atoms with Crippen molar-refractivity contribution < 1.29 is 9.53 Å². The van der Waals surface area contributed by atoms with Crippen LogP contribution in [0, 0.1) is 13.8 Å². The third kappa shape index (κ3) is 4.64. The molecule has 0 spiro atoms. The van der Waals surface area contributed by atoms with Crippen LogP contribution in [0.4, 0.5) is 11.4 Å². The lowest BCUT2D eigenvalue weighted by atomic mass is 10.1. The van der Waals surface area contributed by atoms with E-state index in [2.05, 4.69) is 15.6 Å². The molecule has 0 aliphatic rings. The van der Waals surface area contributed by atoms with E-state index in [0.717, 1.165) is 28.3 Å². The fourth-order valence-corrected chi connectivity index (χ4v) is 2.73. The van der Waals surface area contributed by atoms with Crippen LogP contribution in [0.2, 0.25) is 0 Å². The molecule has 0 atom stereocenters. The molecule has 1 amide bonds. The SMILES string of the molecule is COc1ccccc1CNc1ccnc(C(=O)Nc2ccc(C)c(C)c2)c1. The van der Waals surface area contributed by atoms with Gasteiger partial charge in [-0.25, -0.2) is 0 Å². The maximum atomic E-state index is 12.5. The predicted octanol–water partition coefficient (Wildman–Crippen LogP) is 4.57. The zero-order valence-electron chi connectivity index (χ0n) is 15.7. The smallest absolute Gasteiger partial charge is 0.274 e. The molecule has 3 rings (SSSR count). The summed E-state index contributed by atoms with van der Waals surface area (Å²) in [4.78, 5) is 16.7. The minimum atomic E-state index is -0.237. The minimum Gasteiger partial charge on any atom is -0.496 e. The number of rotatable bonds is 6. The number of ether oxygens (including phenoxy) is 1. The van der Waals surface area contributed by atoms with E-state index < -0.39 is 0 Å². The lowest BCUT2D eigenvalue weighted by Crippen LogP contribution is -2.14. The third-order valence-electron chi connectivity index (χ3n) is 4.43. The molecule has 0 fully saturated rings. The fourth-order valence-electron chi connectivity index (χ4n) is 2.73. The van der Waals surface area contributed by atoms with Crippen molar-refractivity contribution in [2.24, 2.45) is 0 Å². The number of aromatic nitrogens is 1. The largest absolute Gasteiger partial charge is 0.496 e. The molecule has 1 heterocycles. The van der Waals surface area contributed by atoms with Gasteiger partial charge in [0.2, 0.25) is 0 Å². The Hall–Kier alpha value is -3.34. The van der Waals surface area contributed by atoms with Gasteiger partial charge >= 0.3 is 0 Å². The maximum absolute atomic E-state index is 12.5. The Morgan fingerprint density at radius 3 is 2.59 bits per heavy atom. The van der Waals surface area contributed by atoms with Crippen LogP contribution in [0.25, 0.3) is 0 Å². The van der Waals surface area contributed by atoms with Gasteiger partial charge in [-0.2, -0.15) is 0 Å². The van der Waals surface area contributed by atoms with Gasteiger partial charge in [0.1, 0.15) is 11.4 Å². The van der Waals surface area contributed by atoms with Crippen LogP contribution in [-0.4, -0.2) is 18.0 Å². The van der Waals surface area contributed by atoms with Crippen LogP contribution in [0.15, 0.2) is 60.8 Å². The topological polar surface area (TPSA) is 63.2 Å². The second-order valence-electron chi connectivity index (χ2n) is 6.35. The van der Waals surface area contributed by atoms with Crippen LogP contribution in [0.3, 0.4) is 0 Å². The van der Waals surface area contributed by atoms with E-state index in [9.17, 15) is 4.79 Å². The first-order valence-electron chi connectivity index (χ1n) is 8.77. The minimum absolute atomic E-state index is 0.237. The highest BCUT2D eigenvalue weighted by Gasteiger charge is 2.09. The Balaban J connectivity index is 1.69. The number of carbonyl (C=O) groups is 1. The second-order valence-corrected chi connectivity index (χ2v) is 6.35. The molecule has 0 unspecified atom stereocenters. The van der Waals surface area contributed by atoms with Gasteiger partial charge in [0.15, 0.2) is 0 Å². The van der Waals surface area contributed by atoms with Crippen molar-refractivity contribution in [3.8, 4) is 5.75 Å². The number of amides is 1. The van der Waals surface area contributed by atoms with Gasteiger partial charge in [-0.05, 0) is 55.3 Å². The molecule has 1 aromatic heterocycles. The summed E-state index contributed by atoms with van der Waals surface area (Å²) in [6, 6.07) is 17.2. The predicted molar refractivity (Wildman–Crippen MR) is 108 cm³/mol. The highest BCUT2D eigenvalue weighted by atomic mass is 16.5. The van der Waals surface area contributed by atoms with Crippen molar-refractivity contribution in [1.29, 1.82) is 0 Å². The number of benzene rings is 2. The lowest BCUT2D eigenvalue weighted by molar-refractivity contribution is 0.102. The van der Waals surface area contributed by atoms with Gasteiger partial charge in [0.05, 0.1) is 7.11 Å². The van der Waals surface area contributed by atoms with E-state index in [1.807, 2.05) is 62.4 Å². The highest BCUT2D eigenvalue weighted by Crippen LogP contribution is 2.20. The van der Waals surface area contributed by atoms with E-state index in [4.69, 9.17) is 4.74 Å². The van der Waals surface area contributed by atoms with Crippen molar-refractivity contribution in [3.63, 3.8) is 0 Å². The molecular formula is C22H23N3O2. The molecule has 0 aliphatic heterocycles. The molecule has 3 aromatic rings. The lowest BCUT2D eigenvalue weighted by Gasteiger charge is -2.11. The number of aryl methyl sites for hydroxylation is 2. The molecule has 5 nitrogen and oxygen atoms in total. The van der Waals surface area contributed by atoms with E-state index in [1.165, 1.54) is 5.56 Å². The number of carbonyl (C=O) groups excluding carboxylic acids is 1. The average Bonchev–Trinajstić information content (AvgIpc) is 2.69. The molecule has 2 N–H and O–H groups in total. The summed E-state index contributed by atoms with van der Waals surface area (Å²) >= 11 is 0. The summed E-state index contributed by atoms with van der Waals surface area (Å²) in [5, 5.41) is 6.21. The number of anilines is 2. The number of pyridine rings is 1. The average molecular weight is 361 g/mol. The van der Waals surface area contributed by atoms with Crippen LogP contribution in [0.5, 0.6) is 5.75 Å². The first-order chi connectivity index (χ1) is 13.1. The highest BCUT2D eigenvalue weighted by molar-refractivity contribution is 6.03. The summed E-state index contributed by atoms with van der Waals surface area (Å²) in [7, 11) is 1.65. The van der Waals surface area contributed by atoms with E-state index in [1.54, 1.807) is 19.4 Å². The standard InChI is InChI=1S/C22H23N3O2/c1-15-8-9-19(12-16(15)2)25-22(26)20-13-18(10-11-23-20)24-14-17-6-4-5-7-21(17)27-3/h4-13H,14H2,1-3H3,(H,23,24)(H,25,26). The van der Waals surface area contributed by atoms with Crippen molar-refractivity contribution in [2.45, 2.75) is 20.4 Å². The molecule has 27 heavy (non-hydrogen) atoms. The fraction of sp³-hybridized carbons (Fsp3) is 0.182. The second kappa shape index (κ2) is 8.36. The van der Waals surface area contributed by atoms with E-state index in [0.29, 0.717) is 12.2 Å². The summed E-state index contributed by atoms with van der Waals surface area (Å²) in [6.45, 7) is 4.65. The van der Waals surface area contributed by atoms with Crippen molar-refractivity contribution in [3.05, 3.63) is 83.2 Å². The van der Waals surface area contributed by atoms with Crippen LogP contribution in [0.1, 0.15) is 27.2 Å². The summed E-state index contributed by atoms with van der Waals surface area (Å²) < 4.78 is 5.36. The van der Waals surface area contributed by atoms with Gasteiger partial charge in [-0.1, -0.05) is 24.3 Å². The van der Waals surface area contributed by atoms with E-state index >= 15 is 0 Å². The third-order valence-corrected chi connectivity index (χ3v) is 4.43. The number of methoxy groups -OCH3 is 1. The van der Waals surface area contributed by atoms with Gasteiger partial charge in [-0.3, -0.25) is 9.78 Å². The Bertz CT molecular complexity index is 954. The Labute approximate surface area is 159 Å². The number of hydrogen-bond donors (Lipinski definition) is 2. The van der Waals surface area contributed by atoms with Gasteiger partial charge in [0, 0.05) is 29.7 Å². The molecule has 0 saturated heterocycles. The number of para-hydroxylation sites is 1. The quantitative estimate of drug-likeness (QED) is 0.675. The van der Waals surface area contributed by atoms with Gasteiger partial charge < -0.3 is 15.4 Å². The van der Waals surface area contributed by atoms with Crippen LogP contribution < -0.4 is 15.4 Å². The molecule has 0 radical (unpaired) electrons. The first kappa shape index (κ1) is 18.5. The van der Waals surface area contributed by atoms with Crippen LogP contribution >= 0.6 is 0 Å². The Kier molecular flexibility index (Phi) is 5.71. The van der Waals surface area contributed by atoms with Crippen molar-refractivity contribution in [1.82, 2.24) is 4.98 Å². The molecule has 0 saturated carbocycles. The van der Waals surface area contributed by atoms with E-state index in [-0.39, 0.29) is 5.91 Å². The summed E-state index contributed by atoms with van der Waals surface area (Å²) in [6.07, 6.45) is 1.62. The Morgan fingerprint density at radius 1 is 1.00 bits per heavy atom. The summed E-state index contributed by atoms with van der Waals surface area (Å²) in [5.74, 6) is 0.589.